The second-order valence-electron chi connectivity index (χ2n) is 6.02. The highest BCUT2D eigenvalue weighted by Crippen LogP contribution is 2.28. The third-order valence-electron chi connectivity index (χ3n) is 4.11. The number of likely N-dealkylation sites (N-methyl/N-ethyl adjacent to an activating group) is 1. The Hall–Kier alpha value is -3.02. The molecule has 0 spiro atoms. The molecule has 0 saturated heterocycles. The van der Waals surface area contributed by atoms with Gasteiger partial charge in [0.25, 0.3) is 5.91 Å². The number of methoxy groups -OCH3 is 1. The number of anilines is 1. The molecule has 0 radical (unpaired) electrons. The van der Waals surface area contributed by atoms with E-state index in [0.29, 0.717) is 23.7 Å². The van der Waals surface area contributed by atoms with Crippen molar-refractivity contribution in [3.63, 3.8) is 0 Å². The minimum absolute atomic E-state index is 0.0487. The first-order valence-electron chi connectivity index (χ1n) is 8.94. The van der Waals surface area contributed by atoms with Gasteiger partial charge in [-0.05, 0) is 43.2 Å². The van der Waals surface area contributed by atoms with Gasteiger partial charge in [0.05, 0.1) is 20.3 Å². The fourth-order valence-electron chi connectivity index (χ4n) is 2.73. The van der Waals surface area contributed by atoms with E-state index in [-0.39, 0.29) is 18.4 Å². The number of ether oxygens (including phenoxy) is 2. The van der Waals surface area contributed by atoms with Crippen LogP contribution in [0.15, 0.2) is 42.5 Å². The molecule has 0 aliphatic carbocycles. The molecule has 27 heavy (non-hydrogen) atoms. The minimum atomic E-state index is -0.266. The summed E-state index contributed by atoms with van der Waals surface area (Å²) in [6, 6.07) is 12.6. The van der Waals surface area contributed by atoms with Crippen molar-refractivity contribution in [2.24, 2.45) is 0 Å². The fourth-order valence-corrected chi connectivity index (χ4v) is 2.73. The Balaban J connectivity index is 2.06. The van der Waals surface area contributed by atoms with Crippen LogP contribution in [0.2, 0.25) is 0 Å². The third kappa shape index (κ3) is 5.23. The molecule has 2 rings (SSSR count). The van der Waals surface area contributed by atoms with Gasteiger partial charge in [0.15, 0.2) is 11.5 Å². The van der Waals surface area contributed by atoms with Crippen molar-refractivity contribution in [3.8, 4) is 11.5 Å². The van der Waals surface area contributed by atoms with Crippen molar-refractivity contribution in [2.45, 2.75) is 20.3 Å². The molecule has 0 heterocycles. The molecule has 6 nitrogen and oxygen atoms in total. The van der Waals surface area contributed by atoms with Gasteiger partial charge in [-0.2, -0.15) is 0 Å². The molecule has 6 heteroatoms. The van der Waals surface area contributed by atoms with Crippen molar-refractivity contribution >= 4 is 17.5 Å². The molecule has 0 saturated carbocycles. The number of carbonyl (C=O) groups excluding carboxylic acids is 2. The maximum atomic E-state index is 12.7. The molecule has 2 aromatic carbocycles. The molecule has 0 fully saturated rings. The molecule has 2 aromatic rings. The largest absolute Gasteiger partial charge is 0.493 e. The number of nitrogens with one attached hydrogen (secondary N) is 1. The van der Waals surface area contributed by atoms with E-state index in [1.807, 2.05) is 38.1 Å². The maximum absolute atomic E-state index is 12.7. The van der Waals surface area contributed by atoms with Crippen LogP contribution in [0.3, 0.4) is 0 Å². The molecule has 0 aromatic heterocycles. The molecule has 0 atom stereocenters. The minimum Gasteiger partial charge on any atom is -0.493 e. The lowest BCUT2D eigenvalue weighted by atomic mass is 10.1. The predicted octanol–water partition coefficient (Wildman–Crippen LogP) is 3.37. The molecule has 0 bridgehead atoms. The van der Waals surface area contributed by atoms with Gasteiger partial charge in [-0.1, -0.05) is 25.1 Å². The van der Waals surface area contributed by atoms with Crippen LogP contribution >= 0.6 is 0 Å². The summed E-state index contributed by atoms with van der Waals surface area (Å²) in [6.45, 7) is 4.30. The van der Waals surface area contributed by atoms with E-state index in [1.54, 1.807) is 32.4 Å². The number of amides is 2. The summed E-state index contributed by atoms with van der Waals surface area (Å²) in [5.41, 5.74) is 2.26. The number of carbonyl (C=O) groups is 2. The zero-order valence-electron chi connectivity index (χ0n) is 16.2. The van der Waals surface area contributed by atoms with E-state index in [0.717, 1.165) is 17.7 Å². The van der Waals surface area contributed by atoms with Crippen LogP contribution in [-0.2, 0) is 11.2 Å². The van der Waals surface area contributed by atoms with Crippen LogP contribution < -0.4 is 14.8 Å². The maximum Gasteiger partial charge on any atom is 0.254 e. The monoisotopic (exact) mass is 370 g/mol. The zero-order valence-corrected chi connectivity index (χ0v) is 16.2. The van der Waals surface area contributed by atoms with Crippen LogP contribution in [0.4, 0.5) is 5.69 Å². The van der Waals surface area contributed by atoms with Gasteiger partial charge < -0.3 is 19.7 Å². The van der Waals surface area contributed by atoms with Crippen molar-refractivity contribution < 1.29 is 19.1 Å². The number of para-hydroxylation sites is 1. The zero-order chi connectivity index (χ0) is 19.8. The summed E-state index contributed by atoms with van der Waals surface area (Å²) in [5, 5.41) is 2.87. The van der Waals surface area contributed by atoms with Gasteiger partial charge in [-0.25, -0.2) is 0 Å². The van der Waals surface area contributed by atoms with Crippen molar-refractivity contribution in [3.05, 3.63) is 53.6 Å². The Morgan fingerprint density at radius 3 is 2.48 bits per heavy atom. The van der Waals surface area contributed by atoms with Crippen LogP contribution in [0.5, 0.6) is 11.5 Å². The third-order valence-corrected chi connectivity index (χ3v) is 4.11. The summed E-state index contributed by atoms with van der Waals surface area (Å²) in [7, 11) is 3.14. The second-order valence-corrected chi connectivity index (χ2v) is 6.02. The molecule has 0 aliphatic heterocycles. The molecule has 0 unspecified atom stereocenters. The number of benzene rings is 2. The summed E-state index contributed by atoms with van der Waals surface area (Å²) < 4.78 is 10.7. The molecular weight excluding hydrogens is 344 g/mol. The Labute approximate surface area is 160 Å². The van der Waals surface area contributed by atoms with E-state index < -0.39 is 0 Å². The first kappa shape index (κ1) is 20.3. The van der Waals surface area contributed by atoms with E-state index in [9.17, 15) is 9.59 Å². The number of hydrogen-bond donors (Lipinski definition) is 1. The lowest BCUT2D eigenvalue weighted by molar-refractivity contribution is -0.116. The average molecular weight is 370 g/mol. The Morgan fingerprint density at radius 1 is 1.07 bits per heavy atom. The first-order chi connectivity index (χ1) is 13.0. The Bertz CT molecular complexity index is 805. The van der Waals surface area contributed by atoms with Crippen molar-refractivity contribution in [2.75, 3.05) is 32.6 Å². The molecule has 144 valence electrons. The van der Waals surface area contributed by atoms with Gasteiger partial charge in [0.2, 0.25) is 5.91 Å². The predicted molar refractivity (Wildman–Crippen MR) is 106 cm³/mol. The number of hydrogen-bond acceptors (Lipinski definition) is 4. The standard InChI is InChI=1S/C21H26N2O4/c1-5-15-9-7-8-10-17(15)22-20(24)14-23(3)21(25)16-11-12-18(26-4)19(13-16)27-6-2/h7-13H,5-6,14H2,1-4H3,(H,22,24). The molecule has 1 N–H and O–H groups in total. The van der Waals surface area contributed by atoms with E-state index in [2.05, 4.69) is 5.32 Å². The van der Waals surface area contributed by atoms with Gasteiger partial charge in [0.1, 0.15) is 0 Å². The quantitative estimate of drug-likeness (QED) is 0.774. The summed E-state index contributed by atoms with van der Waals surface area (Å²) in [4.78, 5) is 26.4. The lowest BCUT2D eigenvalue weighted by Crippen LogP contribution is -2.35. The highest BCUT2D eigenvalue weighted by Gasteiger charge is 2.17. The summed E-state index contributed by atoms with van der Waals surface area (Å²) >= 11 is 0. The van der Waals surface area contributed by atoms with E-state index in [4.69, 9.17) is 9.47 Å². The van der Waals surface area contributed by atoms with Crippen LogP contribution in [0.25, 0.3) is 0 Å². The number of rotatable bonds is 8. The topological polar surface area (TPSA) is 67.9 Å². The summed E-state index contributed by atoms with van der Waals surface area (Å²) in [6.07, 6.45) is 0.817. The molecule has 2 amide bonds. The van der Waals surface area contributed by atoms with Gasteiger partial charge >= 0.3 is 0 Å². The highest BCUT2D eigenvalue weighted by molar-refractivity contribution is 5.99. The fraction of sp³-hybridized carbons (Fsp3) is 0.333. The van der Waals surface area contributed by atoms with Crippen LogP contribution in [0, 0.1) is 0 Å². The Morgan fingerprint density at radius 2 is 1.81 bits per heavy atom. The average Bonchev–Trinajstić information content (AvgIpc) is 2.67. The smallest absolute Gasteiger partial charge is 0.254 e. The van der Waals surface area contributed by atoms with Gasteiger partial charge in [-0.3, -0.25) is 9.59 Å². The molecule has 0 aliphatic rings. The van der Waals surface area contributed by atoms with E-state index in [1.165, 1.54) is 4.90 Å². The lowest BCUT2D eigenvalue weighted by Gasteiger charge is -2.18. The summed E-state index contributed by atoms with van der Waals surface area (Å²) in [5.74, 6) is 0.549. The molecular formula is C21H26N2O4. The van der Waals surface area contributed by atoms with Gasteiger partial charge in [0, 0.05) is 18.3 Å². The van der Waals surface area contributed by atoms with Crippen molar-refractivity contribution in [1.82, 2.24) is 4.90 Å². The van der Waals surface area contributed by atoms with Gasteiger partial charge in [-0.15, -0.1) is 0 Å². The SMILES string of the molecule is CCOc1cc(C(=O)N(C)CC(=O)Nc2ccccc2CC)ccc1OC. The van der Waals surface area contributed by atoms with Crippen LogP contribution in [0.1, 0.15) is 29.8 Å². The van der Waals surface area contributed by atoms with Crippen LogP contribution in [-0.4, -0.2) is 44.0 Å². The highest BCUT2D eigenvalue weighted by atomic mass is 16.5. The van der Waals surface area contributed by atoms with E-state index >= 15 is 0 Å². The van der Waals surface area contributed by atoms with Crippen molar-refractivity contribution in [1.29, 1.82) is 0 Å². The second kappa shape index (κ2) is 9.62. The Kier molecular flexibility index (Phi) is 7.23. The first-order valence-corrected chi connectivity index (χ1v) is 8.94. The number of aryl methyl sites for hydroxylation is 1. The number of nitrogens with zero attached hydrogens (tertiary/aromatic N) is 1. The normalized spacial score (nSPS) is 10.2.